The third-order valence-corrected chi connectivity index (χ3v) is 10.4. The van der Waals surface area contributed by atoms with Gasteiger partial charge in [0, 0.05) is 0 Å². The Morgan fingerprint density at radius 1 is 0.846 bits per heavy atom. The van der Waals surface area contributed by atoms with Crippen molar-refractivity contribution < 1.29 is 33.6 Å². The summed E-state index contributed by atoms with van der Waals surface area (Å²) >= 11 is 0. The van der Waals surface area contributed by atoms with E-state index in [2.05, 4.69) is 33.9 Å². The minimum absolute atomic E-state index is 0.131. The van der Waals surface area contributed by atoms with Crippen LogP contribution in [0.4, 0.5) is 0 Å². The van der Waals surface area contributed by atoms with E-state index in [9.17, 15) is 10.2 Å². The number of hydrogen-bond donors (Lipinski definition) is 2. The first-order valence-corrected chi connectivity index (χ1v) is 12.2. The van der Waals surface area contributed by atoms with Crippen LogP contribution < -0.4 is 0 Å². The molecule has 2 unspecified atom stereocenters. The first-order chi connectivity index (χ1) is 11.5. The molecule has 152 valence electrons. The molecular weight excluding hydrogens is 356 g/mol. The third-order valence-electron chi connectivity index (χ3n) is 5.97. The fourth-order valence-electron chi connectivity index (χ4n) is 3.74. The lowest BCUT2D eigenvalue weighted by atomic mass is 9.82. The van der Waals surface area contributed by atoms with Crippen molar-refractivity contribution in [3.05, 3.63) is 0 Å². The van der Waals surface area contributed by atoms with E-state index in [0.717, 1.165) is 0 Å². The summed E-state index contributed by atoms with van der Waals surface area (Å²) in [7, 11) is -2.40. The fraction of sp³-hybridized carbons (Fsp3) is 1.00. The molecule has 0 spiro atoms. The van der Waals surface area contributed by atoms with Crippen LogP contribution in [0.25, 0.3) is 0 Å². The van der Waals surface area contributed by atoms with Crippen LogP contribution in [0.1, 0.15) is 48.5 Å². The summed E-state index contributed by atoms with van der Waals surface area (Å²) in [5.41, 5.74) is 0. The molecule has 0 amide bonds. The fourth-order valence-corrected chi connectivity index (χ4v) is 5.10. The zero-order chi connectivity index (χ0) is 19.9. The summed E-state index contributed by atoms with van der Waals surface area (Å²) in [6, 6.07) is 0. The number of aliphatic hydroxyl groups excluding tert-OH is 1. The van der Waals surface area contributed by atoms with E-state index < -0.39 is 56.2 Å². The zero-order valence-electron chi connectivity index (χ0n) is 17.3. The summed E-state index contributed by atoms with van der Waals surface area (Å²) in [4.78, 5) is 0. The first-order valence-electron chi connectivity index (χ1n) is 9.31. The quantitative estimate of drug-likeness (QED) is 0.552. The predicted molar refractivity (Wildman–Crippen MR) is 96.9 cm³/mol. The molecule has 0 bridgehead atoms. The van der Waals surface area contributed by atoms with E-state index in [4.69, 9.17) is 23.4 Å². The van der Waals surface area contributed by atoms with Crippen LogP contribution in [0.2, 0.25) is 18.1 Å². The largest absolute Gasteiger partial charge is 0.387 e. The molecule has 26 heavy (non-hydrogen) atoms. The van der Waals surface area contributed by atoms with Crippen LogP contribution in [-0.2, 0) is 23.4 Å². The lowest BCUT2D eigenvalue weighted by molar-refractivity contribution is -0.306. The van der Waals surface area contributed by atoms with Crippen LogP contribution in [0.5, 0.6) is 0 Å². The molecule has 2 aliphatic heterocycles. The molecule has 1 aliphatic carbocycles. The highest BCUT2D eigenvalue weighted by Gasteiger charge is 2.71. The smallest absolute Gasteiger partial charge is 0.216 e. The van der Waals surface area contributed by atoms with Crippen LogP contribution in [-0.4, -0.2) is 66.4 Å². The number of fused-ring (bicyclic) bond motifs is 2. The Morgan fingerprint density at radius 3 is 1.58 bits per heavy atom. The van der Waals surface area contributed by atoms with Crippen LogP contribution in [0, 0.1) is 0 Å². The number of ether oxygens (including phenoxy) is 4. The first kappa shape index (κ1) is 20.7. The third kappa shape index (κ3) is 3.18. The van der Waals surface area contributed by atoms with Crippen molar-refractivity contribution in [2.75, 3.05) is 0 Å². The van der Waals surface area contributed by atoms with E-state index in [0.29, 0.717) is 0 Å². The molecule has 0 aromatic rings. The molecule has 2 heterocycles. The van der Waals surface area contributed by atoms with Gasteiger partial charge in [0.25, 0.3) is 0 Å². The second-order valence-electron chi connectivity index (χ2n) is 10.1. The topological polar surface area (TPSA) is 86.6 Å². The second-order valence-corrected chi connectivity index (χ2v) is 14.9. The van der Waals surface area contributed by atoms with Crippen LogP contribution >= 0.6 is 0 Å². The molecule has 7 nitrogen and oxygen atoms in total. The minimum Gasteiger partial charge on any atom is -0.387 e. The maximum Gasteiger partial charge on any atom is 0.216 e. The van der Waals surface area contributed by atoms with E-state index in [1.165, 1.54) is 0 Å². The molecule has 3 aliphatic rings. The molecule has 3 fully saturated rings. The maximum atomic E-state index is 11.8. The SMILES string of the molecule is CC1(C)O[C@@H]2[C@@H](O1)C(O)[C@@H]1OC(C)(C)O[C@@H]1C2(O)O[Si](C)(C)C(C)(C)C. The Hall–Kier alpha value is -0.0631. The van der Waals surface area contributed by atoms with Gasteiger partial charge in [-0.25, -0.2) is 0 Å². The highest BCUT2D eigenvalue weighted by Crippen LogP contribution is 2.51. The average molecular weight is 391 g/mol. The van der Waals surface area contributed by atoms with Crippen molar-refractivity contribution in [1.29, 1.82) is 0 Å². The standard InChI is InChI=1S/C18H34O7Si/c1-15(2,3)26(8,9)25-18(20)13-11(21-16(4,5)23-13)10(19)12-14(18)24-17(6,7)22-12/h10-14,19-20H,1-9H3/t10?,11-,12-,13-,14+,18?/m0/s1. The minimum atomic E-state index is -2.40. The summed E-state index contributed by atoms with van der Waals surface area (Å²) in [5, 5.41) is 22.5. The van der Waals surface area contributed by atoms with Crippen molar-refractivity contribution in [2.45, 2.75) is 114 Å². The molecule has 3 rings (SSSR count). The molecule has 1 saturated carbocycles. The number of hydrogen-bond acceptors (Lipinski definition) is 7. The van der Waals surface area contributed by atoms with Crippen molar-refractivity contribution in [3.63, 3.8) is 0 Å². The summed E-state index contributed by atoms with van der Waals surface area (Å²) in [6.07, 6.45) is -4.27. The second kappa shape index (κ2) is 5.73. The molecule has 8 heteroatoms. The Labute approximate surface area is 157 Å². The molecule has 0 aromatic heterocycles. The molecule has 0 aromatic carbocycles. The number of rotatable bonds is 2. The van der Waals surface area contributed by atoms with Crippen LogP contribution in [0.15, 0.2) is 0 Å². The van der Waals surface area contributed by atoms with E-state index in [1.54, 1.807) is 27.7 Å². The van der Waals surface area contributed by atoms with Gasteiger partial charge >= 0.3 is 0 Å². The highest BCUT2D eigenvalue weighted by molar-refractivity contribution is 6.74. The van der Waals surface area contributed by atoms with Gasteiger partial charge in [0.2, 0.25) is 5.79 Å². The molecule has 6 atom stereocenters. The van der Waals surface area contributed by atoms with Crippen molar-refractivity contribution in [1.82, 2.24) is 0 Å². The summed E-state index contributed by atoms with van der Waals surface area (Å²) < 4.78 is 30.3. The normalized spacial score (nSPS) is 44.7. The van der Waals surface area contributed by atoms with Gasteiger partial charge < -0.3 is 33.6 Å². The summed E-state index contributed by atoms with van der Waals surface area (Å²) in [5.74, 6) is -3.68. The molecular formula is C18H34O7Si. The maximum absolute atomic E-state index is 11.8. The monoisotopic (exact) mass is 390 g/mol. The molecule has 2 N–H and O–H groups in total. The Balaban J connectivity index is 2.04. The Bertz CT molecular complexity index is 536. The van der Waals surface area contributed by atoms with Gasteiger partial charge in [0.1, 0.15) is 30.5 Å². The summed E-state index contributed by atoms with van der Waals surface area (Å²) in [6.45, 7) is 17.4. The Kier molecular flexibility index (Phi) is 4.55. The lowest BCUT2D eigenvalue weighted by Crippen LogP contribution is -2.72. The highest BCUT2D eigenvalue weighted by atomic mass is 28.4. The lowest BCUT2D eigenvalue weighted by Gasteiger charge is -2.51. The van der Waals surface area contributed by atoms with Gasteiger partial charge in [0.15, 0.2) is 19.9 Å². The van der Waals surface area contributed by atoms with Gasteiger partial charge in [-0.1, -0.05) is 20.8 Å². The van der Waals surface area contributed by atoms with Gasteiger partial charge in [-0.15, -0.1) is 0 Å². The van der Waals surface area contributed by atoms with Crippen molar-refractivity contribution in [2.24, 2.45) is 0 Å². The molecule has 0 radical (unpaired) electrons. The predicted octanol–water partition coefficient (Wildman–Crippen LogP) is 2.11. The number of aliphatic hydroxyl groups is 2. The Morgan fingerprint density at radius 2 is 1.23 bits per heavy atom. The zero-order valence-corrected chi connectivity index (χ0v) is 18.3. The average Bonchev–Trinajstić information content (AvgIpc) is 2.92. The van der Waals surface area contributed by atoms with Gasteiger partial charge in [-0.2, -0.15) is 0 Å². The van der Waals surface area contributed by atoms with Gasteiger partial charge in [-0.3, -0.25) is 0 Å². The van der Waals surface area contributed by atoms with Crippen molar-refractivity contribution in [3.8, 4) is 0 Å². The molecule has 2 saturated heterocycles. The van der Waals surface area contributed by atoms with Crippen molar-refractivity contribution >= 4 is 8.32 Å². The van der Waals surface area contributed by atoms with E-state index in [-0.39, 0.29) is 5.04 Å². The van der Waals surface area contributed by atoms with Gasteiger partial charge in [0.05, 0.1) is 0 Å². The van der Waals surface area contributed by atoms with Gasteiger partial charge in [-0.05, 0) is 45.8 Å². The van der Waals surface area contributed by atoms with E-state index >= 15 is 0 Å². The van der Waals surface area contributed by atoms with Crippen LogP contribution in [0.3, 0.4) is 0 Å². The van der Waals surface area contributed by atoms with E-state index in [1.807, 2.05) is 0 Å².